The van der Waals surface area contributed by atoms with Gasteiger partial charge in [-0.2, -0.15) is 13.2 Å². The minimum atomic E-state index is -4.54. The molecule has 1 aromatic rings. The van der Waals surface area contributed by atoms with Gasteiger partial charge >= 0.3 is 12.1 Å². The second kappa shape index (κ2) is 5.03. The van der Waals surface area contributed by atoms with Gasteiger partial charge in [-0.1, -0.05) is 0 Å². The number of nitrogens with zero attached hydrogens (tertiary/aromatic N) is 1. The van der Waals surface area contributed by atoms with Gasteiger partial charge in [-0.25, -0.2) is 0 Å². The Hall–Kier alpha value is -1.79. The quantitative estimate of drug-likeness (QED) is 0.767. The molecule has 0 radical (unpaired) electrons. The minimum absolute atomic E-state index is 0.0438. The summed E-state index contributed by atoms with van der Waals surface area (Å²) in [7, 11) is 2.41. The summed E-state index contributed by atoms with van der Waals surface area (Å²) in [6.45, 7) is 0. The monoisotopic (exact) mass is 249 g/mol. The molecule has 0 bridgehead atoms. The van der Waals surface area contributed by atoms with Crippen molar-refractivity contribution in [3.05, 3.63) is 23.5 Å². The van der Waals surface area contributed by atoms with E-state index in [1.165, 1.54) is 14.2 Å². The molecule has 94 valence electrons. The molecule has 1 heterocycles. The van der Waals surface area contributed by atoms with Gasteiger partial charge in [-0.05, 0) is 0 Å². The van der Waals surface area contributed by atoms with Gasteiger partial charge < -0.3 is 9.47 Å². The molecule has 0 spiro atoms. The third-order valence-corrected chi connectivity index (χ3v) is 2.02. The first-order valence-corrected chi connectivity index (χ1v) is 4.55. The van der Waals surface area contributed by atoms with E-state index in [0.717, 1.165) is 12.3 Å². The smallest absolute Gasteiger partial charge is 0.433 e. The van der Waals surface area contributed by atoms with Gasteiger partial charge in [0.1, 0.15) is 11.4 Å². The largest absolute Gasteiger partial charge is 0.496 e. The van der Waals surface area contributed by atoms with Gasteiger partial charge in [0, 0.05) is 17.8 Å². The Bertz CT molecular complexity index is 418. The molecule has 4 nitrogen and oxygen atoms in total. The van der Waals surface area contributed by atoms with E-state index in [1.54, 1.807) is 0 Å². The van der Waals surface area contributed by atoms with Crippen LogP contribution in [0.2, 0.25) is 0 Å². The third kappa shape index (κ3) is 3.33. The van der Waals surface area contributed by atoms with E-state index in [9.17, 15) is 18.0 Å². The maximum Gasteiger partial charge on any atom is 0.433 e. The van der Waals surface area contributed by atoms with Crippen LogP contribution in [0.4, 0.5) is 13.2 Å². The van der Waals surface area contributed by atoms with Crippen molar-refractivity contribution in [2.24, 2.45) is 0 Å². The standard InChI is InChI=1S/C10H10F3NO3/c1-16-7-4-8(10(11,12)13)14-5-6(7)3-9(15)17-2/h4-5H,3H2,1-2H3. The van der Waals surface area contributed by atoms with Crippen molar-refractivity contribution in [2.75, 3.05) is 14.2 Å². The summed E-state index contributed by atoms with van der Waals surface area (Å²) in [5.74, 6) is -0.623. The van der Waals surface area contributed by atoms with Crippen LogP contribution in [0.5, 0.6) is 5.75 Å². The molecule has 0 amide bonds. The molecule has 0 N–H and O–H groups in total. The zero-order valence-electron chi connectivity index (χ0n) is 9.17. The molecular weight excluding hydrogens is 239 g/mol. The van der Waals surface area contributed by atoms with E-state index in [4.69, 9.17) is 4.74 Å². The molecule has 17 heavy (non-hydrogen) atoms. The van der Waals surface area contributed by atoms with Gasteiger partial charge in [0.2, 0.25) is 0 Å². The Balaban J connectivity index is 3.06. The molecule has 7 heteroatoms. The number of hydrogen-bond acceptors (Lipinski definition) is 4. The van der Waals surface area contributed by atoms with Crippen LogP contribution in [0.3, 0.4) is 0 Å². The van der Waals surface area contributed by atoms with E-state index in [0.29, 0.717) is 0 Å². The molecule has 0 atom stereocenters. The average molecular weight is 249 g/mol. The predicted octanol–water partition coefficient (Wildman–Crippen LogP) is 1.82. The molecule has 0 aliphatic rings. The van der Waals surface area contributed by atoms with Crippen LogP contribution in [0.15, 0.2) is 12.3 Å². The Labute approximate surface area is 95.4 Å². The maximum atomic E-state index is 12.4. The first-order valence-electron chi connectivity index (χ1n) is 4.55. The summed E-state index contributed by atoms with van der Waals surface area (Å²) < 4.78 is 46.3. The Morgan fingerprint density at radius 2 is 2.06 bits per heavy atom. The van der Waals surface area contributed by atoms with E-state index < -0.39 is 17.8 Å². The number of carbonyl (C=O) groups excluding carboxylic acids is 1. The normalized spacial score (nSPS) is 11.1. The minimum Gasteiger partial charge on any atom is -0.496 e. The molecule has 0 unspecified atom stereocenters. The lowest BCUT2D eigenvalue weighted by atomic mass is 10.1. The first-order chi connectivity index (χ1) is 7.88. The summed E-state index contributed by atoms with van der Waals surface area (Å²) in [6.07, 6.45) is -3.78. The summed E-state index contributed by atoms with van der Waals surface area (Å²) in [5.41, 5.74) is -0.824. The highest BCUT2D eigenvalue weighted by Crippen LogP contribution is 2.31. The number of pyridine rings is 1. The predicted molar refractivity (Wildman–Crippen MR) is 51.5 cm³/mol. The zero-order chi connectivity index (χ0) is 13.1. The molecule has 0 aliphatic heterocycles. The topological polar surface area (TPSA) is 48.4 Å². The summed E-state index contributed by atoms with van der Waals surface area (Å²) in [6, 6.07) is 0.748. The Morgan fingerprint density at radius 3 is 2.53 bits per heavy atom. The molecule has 1 aromatic heterocycles. The van der Waals surface area contributed by atoms with Gasteiger partial charge in [-0.15, -0.1) is 0 Å². The molecule has 0 aromatic carbocycles. The van der Waals surface area contributed by atoms with Gasteiger partial charge in [0.05, 0.1) is 20.6 Å². The number of rotatable bonds is 3. The highest BCUT2D eigenvalue weighted by molar-refractivity contribution is 5.73. The van der Waals surface area contributed by atoms with E-state index >= 15 is 0 Å². The molecule has 0 saturated heterocycles. The van der Waals surface area contributed by atoms with E-state index in [2.05, 4.69) is 9.72 Å². The zero-order valence-corrected chi connectivity index (χ0v) is 9.17. The van der Waals surface area contributed by atoms with Crippen molar-refractivity contribution in [1.29, 1.82) is 0 Å². The van der Waals surface area contributed by atoms with Crippen LogP contribution in [0.25, 0.3) is 0 Å². The van der Waals surface area contributed by atoms with Gasteiger partial charge in [0.25, 0.3) is 0 Å². The van der Waals surface area contributed by atoms with Crippen molar-refractivity contribution in [2.45, 2.75) is 12.6 Å². The molecule has 0 saturated carbocycles. The number of carbonyl (C=O) groups is 1. The fraction of sp³-hybridized carbons (Fsp3) is 0.400. The van der Waals surface area contributed by atoms with Crippen molar-refractivity contribution in [3.63, 3.8) is 0 Å². The molecular formula is C10H10F3NO3. The lowest BCUT2D eigenvalue weighted by molar-refractivity contribution is -0.141. The SMILES string of the molecule is COC(=O)Cc1cnc(C(F)(F)F)cc1OC. The molecule has 1 rings (SSSR count). The first kappa shape index (κ1) is 13.3. The van der Waals surface area contributed by atoms with Gasteiger partial charge in [0.15, 0.2) is 0 Å². The summed E-state index contributed by atoms with van der Waals surface area (Å²) >= 11 is 0. The number of hydrogen-bond donors (Lipinski definition) is 0. The van der Waals surface area contributed by atoms with Crippen LogP contribution >= 0.6 is 0 Å². The van der Waals surface area contributed by atoms with Crippen molar-refractivity contribution in [1.82, 2.24) is 4.98 Å². The highest BCUT2D eigenvalue weighted by Gasteiger charge is 2.33. The highest BCUT2D eigenvalue weighted by atomic mass is 19.4. The van der Waals surface area contributed by atoms with E-state index in [1.807, 2.05) is 0 Å². The second-order valence-electron chi connectivity index (χ2n) is 3.13. The van der Waals surface area contributed by atoms with Crippen LogP contribution in [0, 0.1) is 0 Å². The van der Waals surface area contributed by atoms with E-state index in [-0.39, 0.29) is 17.7 Å². The van der Waals surface area contributed by atoms with Crippen molar-refractivity contribution < 1.29 is 27.4 Å². The fourth-order valence-electron chi connectivity index (χ4n) is 1.17. The number of methoxy groups -OCH3 is 2. The second-order valence-corrected chi connectivity index (χ2v) is 3.13. The lowest BCUT2D eigenvalue weighted by Crippen LogP contribution is -2.11. The Kier molecular flexibility index (Phi) is 3.93. The van der Waals surface area contributed by atoms with Gasteiger partial charge in [-0.3, -0.25) is 9.78 Å². The number of aromatic nitrogens is 1. The number of ether oxygens (including phenoxy) is 2. The third-order valence-electron chi connectivity index (χ3n) is 2.02. The molecule has 0 aliphatic carbocycles. The van der Waals surface area contributed by atoms with Crippen LogP contribution in [-0.2, 0) is 22.1 Å². The van der Waals surface area contributed by atoms with Crippen LogP contribution < -0.4 is 4.74 Å². The molecule has 0 fully saturated rings. The van der Waals surface area contributed by atoms with Crippen LogP contribution in [-0.4, -0.2) is 25.2 Å². The summed E-state index contributed by atoms with van der Waals surface area (Å²) in [5, 5.41) is 0. The Morgan fingerprint density at radius 1 is 1.41 bits per heavy atom. The summed E-state index contributed by atoms with van der Waals surface area (Å²) in [4.78, 5) is 14.2. The fourth-order valence-corrected chi connectivity index (χ4v) is 1.17. The van der Waals surface area contributed by atoms with Crippen molar-refractivity contribution >= 4 is 5.97 Å². The van der Waals surface area contributed by atoms with Crippen molar-refractivity contribution in [3.8, 4) is 5.75 Å². The maximum absolute atomic E-state index is 12.4. The average Bonchev–Trinajstić information content (AvgIpc) is 2.27. The number of alkyl halides is 3. The van der Waals surface area contributed by atoms with Crippen LogP contribution in [0.1, 0.15) is 11.3 Å². The lowest BCUT2D eigenvalue weighted by Gasteiger charge is -2.10. The number of esters is 1. The number of halogens is 3.